The van der Waals surface area contributed by atoms with Crippen molar-refractivity contribution in [3.05, 3.63) is 218 Å². The summed E-state index contributed by atoms with van der Waals surface area (Å²) in [5.41, 5.74) is 11.5. The quantitative estimate of drug-likeness (QED) is 0.167. The van der Waals surface area contributed by atoms with Crippen LogP contribution in [0.2, 0.25) is 0 Å². The summed E-state index contributed by atoms with van der Waals surface area (Å²) in [6.07, 6.45) is 8.01. The Balaban J connectivity index is 0.929. The lowest BCUT2D eigenvalue weighted by Crippen LogP contribution is -2.17. The first-order chi connectivity index (χ1) is 29.2. The zero-order valence-corrected chi connectivity index (χ0v) is 33.0. The summed E-state index contributed by atoms with van der Waals surface area (Å²) in [7, 11) is 0. The minimum atomic E-state index is 0.331. The van der Waals surface area contributed by atoms with Crippen molar-refractivity contribution in [2.24, 2.45) is 0 Å². The molecule has 59 heavy (non-hydrogen) atoms. The van der Waals surface area contributed by atoms with Gasteiger partial charge < -0.3 is 9.32 Å². The molecule has 0 amide bonds. The van der Waals surface area contributed by atoms with E-state index in [9.17, 15) is 0 Å². The molecule has 0 aliphatic heterocycles. The van der Waals surface area contributed by atoms with Gasteiger partial charge in [-0.2, -0.15) is 0 Å². The van der Waals surface area contributed by atoms with Crippen LogP contribution in [0.25, 0.3) is 85.9 Å². The molecule has 3 heteroatoms. The van der Waals surface area contributed by atoms with E-state index in [0.717, 1.165) is 56.2 Å². The largest absolute Gasteiger partial charge is 0.455 e. The number of hydrogen-bond acceptors (Lipinski definition) is 3. The Morgan fingerprint density at radius 2 is 1.19 bits per heavy atom. The van der Waals surface area contributed by atoms with Gasteiger partial charge in [-0.15, -0.1) is 11.3 Å². The van der Waals surface area contributed by atoms with Gasteiger partial charge in [0.1, 0.15) is 11.2 Å². The van der Waals surface area contributed by atoms with Gasteiger partial charge in [-0.25, -0.2) is 0 Å². The number of para-hydroxylation sites is 1. The van der Waals surface area contributed by atoms with Gasteiger partial charge in [0.15, 0.2) is 0 Å². The Morgan fingerprint density at radius 1 is 0.492 bits per heavy atom. The van der Waals surface area contributed by atoms with Crippen molar-refractivity contribution in [2.45, 2.75) is 12.3 Å². The molecule has 278 valence electrons. The maximum atomic E-state index is 6.70. The predicted octanol–water partition coefficient (Wildman–Crippen LogP) is 16.4. The van der Waals surface area contributed by atoms with Crippen LogP contribution in [0.3, 0.4) is 0 Å². The number of hydrogen-bond donors (Lipinski definition) is 0. The van der Waals surface area contributed by atoms with Gasteiger partial charge in [-0.05, 0) is 111 Å². The molecule has 2 nitrogen and oxygen atoms in total. The molecule has 0 bridgehead atoms. The standard InChI is InChI=1S/C56H37NOS/c1-2-14-40(15-3-1)57(42-31-26-38(27-32-42)44-20-10-13-37-12-4-5-16-43(37)44)41-29-24-36(25-30-41)39-28-33-52-50(34-39)51-35-49(45-17-6-7-18-47(45)56(51)58-52)46-21-11-23-54-55(46)48-19-8-9-22-53(48)59-54/h1-26,28-35,38H,27H2. The molecule has 1 atom stereocenters. The van der Waals surface area contributed by atoms with Crippen molar-refractivity contribution >= 4 is 86.4 Å². The van der Waals surface area contributed by atoms with Gasteiger partial charge >= 0.3 is 0 Å². The fraction of sp³-hybridized carbons (Fsp3) is 0.0357. The highest BCUT2D eigenvalue weighted by molar-refractivity contribution is 7.25. The SMILES string of the molecule is C1=CC(c2cccc3ccccc23)CC=C1N(c1ccccc1)c1ccc(-c2ccc3oc4c5ccccc5c(-c5cccc6sc7ccccc7c56)cc4c3c2)cc1. The van der Waals surface area contributed by atoms with Crippen molar-refractivity contribution in [1.82, 2.24) is 0 Å². The number of allylic oxidation sites excluding steroid dienone is 3. The molecule has 0 radical (unpaired) electrons. The molecular formula is C56H37NOS. The van der Waals surface area contributed by atoms with E-state index in [4.69, 9.17) is 4.42 Å². The molecule has 0 saturated carbocycles. The summed E-state index contributed by atoms with van der Waals surface area (Å²) in [4.78, 5) is 2.37. The lowest BCUT2D eigenvalue weighted by Gasteiger charge is -2.29. The third-order valence-electron chi connectivity index (χ3n) is 12.2. The van der Waals surface area contributed by atoms with Crippen LogP contribution in [-0.4, -0.2) is 0 Å². The maximum Gasteiger partial charge on any atom is 0.143 e. The monoisotopic (exact) mass is 771 g/mol. The van der Waals surface area contributed by atoms with Crippen molar-refractivity contribution < 1.29 is 4.42 Å². The molecule has 1 unspecified atom stereocenters. The van der Waals surface area contributed by atoms with Crippen molar-refractivity contribution in [3.63, 3.8) is 0 Å². The van der Waals surface area contributed by atoms with Crippen LogP contribution in [0, 0.1) is 0 Å². The van der Waals surface area contributed by atoms with Gasteiger partial charge in [0.25, 0.3) is 0 Å². The molecule has 1 aliphatic rings. The Labute approximate surface area is 346 Å². The first kappa shape index (κ1) is 33.9. The summed E-state index contributed by atoms with van der Waals surface area (Å²) in [5, 5.41) is 9.84. The molecule has 2 aromatic heterocycles. The Hall–Kier alpha value is -7.20. The second-order valence-electron chi connectivity index (χ2n) is 15.6. The van der Waals surface area contributed by atoms with E-state index >= 15 is 0 Å². The lowest BCUT2D eigenvalue weighted by molar-refractivity contribution is 0.673. The second-order valence-corrected chi connectivity index (χ2v) is 16.6. The number of rotatable bonds is 6. The minimum absolute atomic E-state index is 0.331. The van der Waals surface area contributed by atoms with E-state index < -0.39 is 0 Å². The van der Waals surface area contributed by atoms with E-state index in [0.29, 0.717) is 5.92 Å². The average molecular weight is 772 g/mol. The topological polar surface area (TPSA) is 16.4 Å². The molecule has 1 aliphatic carbocycles. The Kier molecular flexibility index (Phi) is 7.89. The van der Waals surface area contributed by atoms with E-state index in [1.165, 1.54) is 58.7 Å². The lowest BCUT2D eigenvalue weighted by atomic mass is 9.88. The smallest absolute Gasteiger partial charge is 0.143 e. The van der Waals surface area contributed by atoms with Gasteiger partial charge in [0.05, 0.1) is 0 Å². The number of nitrogens with zero attached hydrogens (tertiary/aromatic N) is 1. The van der Waals surface area contributed by atoms with Crippen LogP contribution in [0.15, 0.2) is 216 Å². The summed E-state index contributed by atoms with van der Waals surface area (Å²) < 4.78 is 9.32. The van der Waals surface area contributed by atoms with Crippen LogP contribution in [0.1, 0.15) is 17.9 Å². The molecular weight excluding hydrogens is 735 g/mol. The first-order valence-corrected chi connectivity index (χ1v) is 21.2. The average Bonchev–Trinajstić information content (AvgIpc) is 3.88. The van der Waals surface area contributed by atoms with Crippen LogP contribution in [-0.2, 0) is 0 Å². The third-order valence-corrected chi connectivity index (χ3v) is 13.3. The highest BCUT2D eigenvalue weighted by Gasteiger charge is 2.21. The normalized spacial score (nSPS) is 14.2. The molecule has 11 aromatic rings. The molecule has 12 rings (SSSR count). The number of furan rings is 1. The second kappa shape index (κ2) is 13.7. The van der Waals surface area contributed by atoms with Crippen molar-refractivity contribution in [1.29, 1.82) is 0 Å². The van der Waals surface area contributed by atoms with E-state index in [1.54, 1.807) is 0 Å². The van der Waals surface area contributed by atoms with Crippen LogP contribution in [0.4, 0.5) is 11.4 Å². The van der Waals surface area contributed by atoms with Gasteiger partial charge in [0.2, 0.25) is 0 Å². The van der Waals surface area contributed by atoms with E-state index in [2.05, 4.69) is 211 Å². The Morgan fingerprint density at radius 3 is 2.03 bits per heavy atom. The van der Waals surface area contributed by atoms with Crippen molar-refractivity contribution in [2.75, 3.05) is 4.90 Å². The fourth-order valence-electron chi connectivity index (χ4n) is 9.41. The van der Waals surface area contributed by atoms with E-state index in [1.807, 2.05) is 11.3 Å². The molecule has 0 fully saturated rings. The molecule has 9 aromatic carbocycles. The molecule has 2 heterocycles. The van der Waals surface area contributed by atoms with Crippen LogP contribution < -0.4 is 4.90 Å². The highest BCUT2D eigenvalue weighted by Crippen LogP contribution is 2.46. The zero-order chi connectivity index (χ0) is 38.9. The zero-order valence-electron chi connectivity index (χ0n) is 32.2. The van der Waals surface area contributed by atoms with Crippen molar-refractivity contribution in [3.8, 4) is 22.3 Å². The van der Waals surface area contributed by atoms with Gasteiger partial charge in [-0.3, -0.25) is 0 Å². The predicted molar refractivity (Wildman–Crippen MR) is 252 cm³/mol. The van der Waals surface area contributed by atoms with E-state index in [-0.39, 0.29) is 0 Å². The summed E-state index contributed by atoms with van der Waals surface area (Å²) in [5.74, 6) is 0.331. The number of benzene rings is 9. The van der Waals surface area contributed by atoms with Gasteiger partial charge in [0, 0.05) is 59.3 Å². The maximum absolute atomic E-state index is 6.70. The molecule has 0 saturated heterocycles. The number of fused-ring (bicyclic) bond motifs is 9. The fourth-order valence-corrected chi connectivity index (χ4v) is 10.5. The molecule has 0 spiro atoms. The Bertz CT molecular complexity index is 3470. The van der Waals surface area contributed by atoms with Gasteiger partial charge in [-0.1, -0.05) is 146 Å². The number of thiophene rings is 1. The first-order valence-electron chi connectivity index (χ1n) is 20.4. The number of anilines is 2. The minimum Gasteiger partial charge on any atom is -0.455 e. The highest BCUT2D eigenvalue weighted by atomic mass is 32.1. The summed E-state index contributed by atoms with van der Waals surface area (Å²) in [6, 6.07) is 68.3. The summed E-state index contributed by atoms with van der Waals surface area (Å²) in [6.45, 7) is 0. The third kappa shape index (κ3) is 5.61. The van der Waals surface area contributed by atoms with Crippen LogP contribution >= 0.6 is 11.3 Å². The summed E-state index contributed by atoms with van der Waals surface area (Å²) >= 11 is 1.86. The van der Waals surface area contributed by atoms with Crippen LogP contribution in [0.5, 0.6) is 0 Å². The molecule has 0 N–H and O–H groups in total.